The summed E-state index contributed by atoms with van der Waals surface area (Å²) < 4.78 is 47.4. The van der Waals surface area contributed by atoms with E-state index in [1.165, 1.54) is 30.1 Å². The van der Waals surface area contributed by atoms with Gasteiger partial charge in [0.2, 0.25) is 10.0 Å². The van der Waals surface area contributed by atoms with Gasteiger partial charge >= 0.3 is 6.03 Å². The molecule has 0 saturated carbocycles. The minimum Gasteiger partial charge on any atom is -0.488 e. The number of hydrogen-bond acceptors (Lipinski definition) is 6. The van der Waals surface area contributed by atoms with E-state index in [0.29, 0.717) is 11.4 Å². The first kappa shape index (κ1) is 31.9. The van der Waals surface area contributed by atoms with Crippen molar-refractivity contribution in [3.63, 3.8) is 0 Å². The van der Waals surface area contributed by atoms with E-state index in [-0.39, 0.29) is 41.8 Å². The van der Waals surface area contributed by atoms with Crippen molar-refractivity contribution < 1.29 is 32.2 Å². The Morgan fingerprint density at radius 1 is 1.07 bits per heavy atom. The summed E-state index contributed by atoms with van der Waals surface area (Å²) in [6, 6.07) is 21.4. The van der Waals surface area contributed by atoms with Crippen LogP contribution in [0.15, 0.2) is 89.8 Å². The van der Waals surface area contributed by atoms with Crippen LogP contribution in [0.2, 0.25) is 0 Å². The molecule has 0 saturated heterocycles. The Morgan fingerprint density at radius 2 is 1.78 bits per heavy atom. The lowest BCUT2D eigenvalue weighted by molar-refractivity contribution is 0.0387. The van der Waals surface area contributed by atoms with Crippen LogP contribution < -0.4 is 15.4 Å². The zero-order chi connectivity index (χ0) is 32.3. The quantitative estimate of drug-likeness (QED) is 0.246. The average Bonchev–Trinajstić information content (AvgIpc) is 3.03. The summed E-state index contributed by atoms with van der Waals surface area (Å²) in [4.78, 5) is 28.2. The Labute approximate surface area is 261 Å². The smallest absolute Gasteiger partial charge is 0.323 e. The maximum atomic E-state index is 13.8. The fourth-order valence-corrected chi connectivity index (χ4v) is 6.46. The van der Waals surface area contributed by atoms with E-state index in [1.54, 1.807) is 25.1 Å². The number of rotatable bonds is 8. The van der Waals surface area contributed by atoms with Gasteiger partial charge < -0.3 is 25.4 Å². The van der Waals surface area contributed by atoms with Gasteiger partial charge in [-0.25, -0.2) is 17.6 Å². The zero-order valence-corrected chi connectivity index (χ0v) is 25.9. The number of hydrogen-bond donors (Lipinski definition) is 3. The fraction of sp³-hybridized carbons (Fsp3) is 0.273. The normalized spacial score (nSPS) is 17.6. The molecule has 4 aromatic rings. The molecule has 5 rings (SSSR count). The SMILES string of the molecule is C[C@H](CO)N1C[C@H](C)[C@H](CN(C)S(=O)(=O)c2ccc(F)cc2)Oc2ccc(NC(=O)Nc3cccc4ccccc34)cc2C1=O. The second-order valence-electron chi connectivity index (χ2n) is 11.2. The van der Waals surface area contributed by atoms with Crippen LogP contribution in [0.4, 0.5) is 20.6 Å². The van der Waals surface area contributed by atoms with Crippen LogP contribution in [0.1, 0.15) is 24.2 Å². The Kier molecular flexibility index (Phi) is 9.37. The highest BCUT2D eigenvalue weighted by molar-refractivity contribution is 7.89. The molecule has 0 bridgehead atoms. The molecule has 10 nitrogen and oxygen atoms in total. The predicted octanol–water partition coefficient (Wildman–Crippen LogP) is 5.16. The summed E-state index contributed by atoms with van der Waals surface area (Å²) in [7, 11) is -2.56. The van der Waals surface area contributed by atoms with Crippen LogP contribution in [0, 0.1) is 11.7 Å². The summed E-state index contributed by atoms with van der Waals surface area (Å²) in [5.74, 6) is -1.08. The number of carbonyl (C=O) groups is 2. The Balaban J connectivity index is 1.41. The van der Waals surface area contributed by atoms with Crippen molar-refractivity contribution in [3.05, 3.63) is 96.3 Å². The highest BCUT2D eigenvalue weighted by atomic mass is 32.2. The van der Waals surface area contributed by atoms with Gasteiger partial charge in [0.15, 0.2) is 0 Å². The number of urea groups is 1. The van der Waals surface area contributed by atoms with Crippen molar-refractivity contribution in [2.75, 3.05) is 37.4 Å². The summed E-state index contributed by atoms with van der Waals surface area (Å²) in [6.45, 7) is 3.37. The van der Waals surface area contributed by atoms with Crippen molar-refractivity contribution >= 4 is 44.1 Å². The maximum Gasteiger partial charge on any atom is 0.323 e. The first-order valence-electron chi connectivity index (χ1n) is 14.5. The number of ether oxygens (including phenoxy) is 1. The van der Waals surface area contributed by atoms with Gasteiger partial charge in [0.25, 0.3) is 5.91 Å². The first-order chi connectivity index (χ1) is 21.5. The Hall–Kier alpha value is -4.52. The van der Waals surface area contributed by atoms with Gasteiger partial charge in [-0.1, -0.05) is 43.3 Å². The largest absolute Gasteiger partial charge is 0.488 e. The number of benzene rings is 4. The lowest BCUT2D eigenvalue weighted by atomic mass is 9.99. The molecule has 3 N–H and O–H groups in total. The van der Waals surface area contributed by atoms with Crippen molar-refractivity contribution in [3.8, 4) is 5.75 Å². The summed E-state index contributed by atoms with van der Waals surface area (Å²) in [6.07, 6.45) is -0.695. The molecular formula is C33H35FN4O6S. The number of aliphatic hydroxyl groups is 1. The molecule has 1 aliphatic heterocycles. The molecule has 0 unspecified atom stereocenters. The molecule has 236 valence electrons. The van der Waals surface area contributed by atoms with Crippen molar-refractivity contribution in [2.45, 2.75) is 30.9 Å². The third-order valence-electron chi connectivity index (χ3n) is 7.92. The number of aliphatic hydroxyl groups excluding tert-OH is 1. The summed E-state index contributed by atoms with van der Waals surface area (Å²) in [5, 5.41) is 17.4. The predicted molar refractivity (Wildman–Crippen MR) is 170 cm³/mol. The van der Waals surface area contributed by atoms with Gasteiger partial charge in [0.05, 0.1) is 35.3 Å². The highest BCUT2D eigenvalue weighted by Crippen LogP contribution is 2.31. The third-order valence-corrected chi connectivity index (χ3v) is 9.76. The van der Waals surface area contributed by atoms with Gasteiger partial charge in [-0.15, -0.1) is 0 Å². The van der Waals surface area contributed by atoms with Gasteiger partial charge in [-0.2, -0.15) is 4.31 Å². The van der Waals surface area contributed by atoms with E-state index < -0.39 is 39.9 Å². The summed E-state index contributed by atoms with van der Waals surface area (Å²) in [5.41, 5.74) is 1.11. The first-order valence-corrected chi connectivity index (χ1v) is 15.9. The maximum absolute atomic E-state index is 13.8. The van der Waals surface area contributed by atoms with Crippen LogP contribution in [-0.2, 0) is 10.0 Å². The second kappa shape index (κ2) is 13.2. The van der Waals surface area contributed by atoms with E-state index in [4.69, 9.17) is 4.74 Å². The van der Waals surface area contributed by atoms with Crippen LogP contribution in [0.3, 0.4) is 0 Å². The van der Waals surface area contributed by atoms with Gasteiger partial charge in [0, 0.05) is 30.6 Å². The summed E-state index contributed by atoms with van der Waals surface area (Å²) >= 11 is 0. The monoisotopic (exact) mass is 634 g/mol. The molecule has 0 aromatic heterocycles. The molecule has 0 aliphatic carbocycles. The minimum absolute atomic E-state index is 0.0616. The third kappa shape index (κ3) is 6.93. The molecule has 12 heteroatoms. The van der Waals surface area contributed by atoms with Crippen molar-refractivity contribution in [2.24, 2.45) is 5.92 Å². The van der Waals surface area contributed by atoms with Crippen LogP contribution in [0.5, 0.6) is 5.75 Å². The minimum atomic E-state index is -3.97. The lowest BCUT2D eigenvalue weighted by Crippen LogP contribution is -2.50. The fourth-order valence-electron chi connectivity index (χ4n) is 5.28. The van der Waals surface area contributed by atoms with E-state index in [1.807, 2.05) is 43.3 Å². The highest BCUT2D eigenvalue weighted by Gasteiger charge is 2.35. The van der Waals surface area contributed by atoms with Crippen LogP contribution >= 0.6 is 0 Å². The number of carbonyl (C=O) groups excluding carboxylic acids is 2. The molecule has 45 heavy (non-hydrogen) atoms. The van der Waals surface area contributed by atoms with Crippen LogP contribution in [0.25, 0.3) is 10.8 Å². The molecular weight excluding hydrogens is 599 g/mol. The lowest BCUT2D eigenvalue weighted by Gasteiger charge is -2.38. The molecule has 0 radical (unpaired) electrons. The molecule has 3 amide bonds. The number of sulfonamides is 1. The molecule has 3 atom stereocenters. The van der Waals surface area contributed by atoms with E-state index >= 15 is 0 Å². The van der Waals surface area contributed by atoms with Gasteiger partial charge in [-0.3, -0.25) is 4.79 Å². The van der Waals surface area contributed by atoms with Crippen molar-refractivity contribution in [1.29, 1.82) is 0 Å². The van der Waals surface area contributed by atoms with Crippen molar-refractivity contribution in [1.82, 2.24) is 9.21 Å². The second-order valence-corrected chi connectivity index (χ2v) is 13.2. The van der Waals surface area contributed by atoms with E-state index in [9.17, 15) is 27.5 Å². The van der Waals surface area contributed by atoms with E-state index in [2.05, 4.69) is 10.6 Å². The number of amides is 3. The number of fused-ring (bicyclic) bond motifs is 2. The number of halogens is 1. The number of anilines is 2. The topological polar surface area (TPSA) is 128 Å². The van der Waals surface area contributed by atoms with Gasteiger partial charge in [-0.05, 0) is 60.8 Å². The van der Waals surface area contributed by atoms with Gasteiger partial charge in [0.1, 0.15) is 17.7 Å². The average molecular weight is 635 g/mol. The Bertz CT molecular complexity index is 1810. The van der Waals surface area contributed by atoms with Crippen LogP contribution in [-0.4, -0.2) is 73.6 Å². The molecule has 0 fully saturated rings. The Morgan fingerprint density at radius 3 is 2.51 bits per heavy atom. The molecule has 1 aliphatic rings. The molecule has 0 spiro atoms. The molecule has 1 heterocycles. The number of nitrogens with zero attached hydrogens (tertiary/aromatic N) is 2. The number of nitrogens with one attached hydrogen (secondary N) is 2. The number of likely N-dealkylation sites (N-methyl/N-ethyl adjacent to an activating group) is 1. The molecule has 4 aromatic carbocycles. The zero-order valence-electron chi connectivity index (χ0n) is 25.1. The van der Waals surface area contributed by atoms with E-state index in [0.717, 1.165) is 27.2 Å². The standard InChI is InChI=1S/C33H35FN4O6S/c1-21-18-38(22(2)20-39)32(40)28-17-25(35-33(41)36-29-10-6-8-23-7-4-5-9-27(23)29)13-16-30(28)44-31(21)19-37(3)45(42,43)26-14-11-24(34)12-15-26/h4-17,21-22,31,39H,18-20H2,1-3H3,(H2,35,36,41)/t21-,22+,31-/m0/s1.